The van der Waals surface area contributed by atoms with Crippen LogP contribution in [-0.4, -0.2) is 69.4 Å². The minimum Gasteiger partial charge on any atom is -0.454 e. The van der Waals surface area contributed by atoms with Crippen molar-refractivity contribution in [2.75, 3.05) is 32.2 Å². The fourth-order valence-electron chi connectivity index (χ4n) is 2.15. The highest BCUT2D eigenvalue weighted by Gasteiger charge is 2.26. The van der Waals surface area contributed by atoms with Crippen molar-refractivity contribution >= 4 is 43.6 Å². The smallest absolute Gasteiger partial charge is 0.329 e. The second-order valence-corrected chi connectivity index (χ2v) is 9.37. The third kappa shape index (κ3) is 9.06. The summed E-state index contributed by atoms with van der Waals surface area (Å²) in [7, 11) is -1.93. The second kappa shape index (κ2) is 11.5. The van der Waals surface area contributed by atoms with Crippen LogP contribution in [0.15, 0.2) is 28.7 Å². The van der Waals surface area contributed by atoms with Gasteiger partial charge in [-0.05, 0) is 34.5 Å². The van der Waals surface area contributed by atoms with Gasteiger partial charge in [0.2, 0.25) is 0 Å². The predicted molar refractivity (Wildman–Crippen MR) is 109 cm³/mol. The van der Waals surface area contributed by atoms with E-state index in [-0.39, 0.29) is 30.7 Å². The lowest BCUT2D eigenvalue weighted by Gasteiger charge is -2.19. The number of carbonyl (C=O) groups is 3. The molecule has 2 amide bonds. The normalized spacial score (nSPS) is 11.8. The molecule has 0 spiro atoms. The standard InChI is InChI=1S/C18H22BrN3O6S/c1-22(10-5-9-20)16(23)12-28-18(25)15(8-11-29(2,26)27)21-17(24)13-6-3-4-7-14(13)19/h3-4,6-7,15H,5,8,10-12H2,1-2H3,(H,21,24). The van der Waals surface area contributed by atoms with E-state index in [0.29, 0.717) is 4.47 Å². The highest BCUT2D eigenvalue weighted by atomic mass is 79.9. The molecule has 0 aromatic heterocycles. The van der Waals surface area contributed by atoms with Gasteiger partial charge in [0.1, 0.15) is 15.9 Å². The van der Waals surface area contributed by atoms with Crippen LogP contribution in [0.3, 0.4) is 0 Å². The van der Waals surface area contributed by atoms with Crippen molar-refractivity contribution in [3.63, 3.8) is 0 Å². The SMILES string of the molecule is CN(CCC#N)C(=O)COC(=O)C(CCS(C)(=O)=O)NC(=O)c1ccccc1Br. The van der Waals surface area contributed by atoms with Crippen LogP contribution >= 0.6 is 15.9 Å². The highest BCUT2D eigenvalue weighted by molar-refractivity contribution is 9.10. The lowest BCUT2D eigenvalue weighted by Crippen LogP contribution is -2.44. The van der Waals surface area contributed by atoms with E-state index in [9.17, 15) is 22.8 Å². The van der Waals surface area contributed by atoms with Crippen molar-refractivity contribution in [1.82, 2.24) is 10.2 Å². The molecule has 1 rings (SSSR count). The van der Waals surface area contributed by atoms with E-state index in [4.69, 9.17) is 10.00 Å². The molecule has 1 unspecified atom stereocenters. The van der Waals surface area contributed by atoms with Gasteiger partial charge in [-0.25, -0.2) is 13.2 Å². The number of ether oxygens (including phenoxy) is 1. The lowest BCUT2D eigenvalue weighted by molar-refractivity contribution is -0.153. The van der Waals surface area contributed by atoms with Gasteiger partial charge in [0, 0.05) is 24.3 Å². The zero-order valence-corrected chi connectivity index (χ0v) is 18.5. The maximum atomic E-state index is 12.5. The number of hydrogen-bond donors (Lipinski definition) is 1. The van der Waals surface area contributed by atoms with Gasteiger partial charge in [-0.2, -0.15) is 5.26 Å². The molecule has 9 nitrogen and oxygen atoms in total. The molecule has 29 heavy (non-hydrogen) atoms. The first-order chi connectivity index (χ1) is 13.5. The maximum Gasteiger partial charge on any atom is 0.329 e. The van der Waals surface area contributed by atoms with Crippen molar-refractivity contribution in [3.8, 4) is 6.07 Å². The summed E-state index contributed by atoms with van der Waals surface area (Å²) in [6.45, 7) is -0.399. The number of halogens is 1. The first kappa shape index (κ1) is 24.6. The van der Waals surface area contributed by atoms with E-state index in [1.165, 1.54) is 18.0 Å². The molecule has 0 bridgehead atoms. The average molecular weight is 488 g/mol. The summed E-state index contributed by atoms with van der Waals surface area (Å²) >= 11 is 3.23. The summed E-state index contributed by atoms with van der Waals surface area (Å²) in [6, 6.07) is 7.18. The summed E-state index contributed by atoms with van der Waals surface area (Å²) in [5.74, 6) is -2.38. The number of nitriles is 1. The van der Waals surface area contributed by atoms with Gasteiger partial charge in [-0.3, -0.25) is 9.59 Å². The number of likely N-dealkylation sites (N-methyl/N-ethyl adjacent to an activating group) is 1. The minimum absolute atomic E-state index is 0.134. The van der Waals surface area contributed by atoms with Gasteiger partial charge in [-0.15, -0.1) is 0 Å². The Labute approximate surface area is 178 Å². The molecular formula is C18H22BrN3O6S. The molecule has 0 aliphatic rings. The Bertz CT molecular complexity index is 897. The van der Waals surface area contributed by atoms with E-state index < -0.39 is 40.3 Å². The fraction of sp³-hybridized carbons (Fsp3) is 0.444. The number of rotatable bonds is 10. The third-order valence-electron chi connectivity index (χ3n) is 3.81. The van der Waals surface area contributed by atoms with E-state index in [0.717, 1.165) is 6.26 Å². The van der Waals surface area contributed by atoms with E-state index in [1.807, 2.05) is 6.07 Å². The Hall–Kier alpha value is -2.45. The molecule has 1 atom stereocenters. The number of sulfone groups is 1. The van der Waals surface area contributed by atoms with Gasteiger partial charge in [0.15, 0.2) is 6.61 Å². The molecule has 0 aliphatic carbocycles. The quantitative estimate of drug-likeness (QED) is 0.484. The molecule has 158 valence electrons. The maximum absolute atomic E-state index is 12.5. The average Bonchev–Trinajstić information content (AvgIpc) is 2.66. The Morgan fingerprint density at radius 1 is 1.31 bits per heavy atom. The highest BCUT2D eigenvalue weighted by Crippen LogP contribution is 2.16. The zero-order valence-electron chi connectivity index (χ0n) is 16.1. The van der Waals surface area contributed by atoms with Crippen molar-refractivity contribution in [2.45, 2.75) is 18.9 Å². The molecule has 1 aromatic carbocycles. The first-order valence-corrected chi connectivity index (χ1v) is 11.4. The predicted octanol–water partition coefficient (Wildman–Crippen LogP) is 0.897. The lowest BCUT2D eigenvalue weighted by atomic mass is 10.1. The second-order valence-electron chi connectivity index (χ2n) is 6.26. The van der Waals surface area contributed by atoms with Crippen LogP contribution < -0.4 is 5.32 Å². The topological polar surface area (TPSA) is 134 Å². The molecule has 0 fully saturated rings. The van der Waals surface area contributed by atoms with Crippen molar-refractivity contribution < 1.29 is 27.5 Å². The van der Waals surface area contributed by atoms with Gasteiger partial charge < -0.3 is 15.0 Å². The number of benzene rings is 1. The summed E-state index contributed by atoms with van der Waals surface area (Å²) in [6.07, 6.45) is 0.945. The van der Waals surface area contributed by atoms with Crippen molar-refractivity contribution in [1.29, 1.82) is 5.26 Å². The molecule has 11 heteroatoms. The molecule has 0 saturated carbocycles. The molecule has 0 aliphatic heterocycles. The Kier molecular flexibility index (Phi) is 9.77. The van der Waals surface area contributed by atoms with Crippen LogP contribution in [0.5, 0.6) is 0 Å². The Morgan fingerprint density at radius 2 is 1.97 bits per heavy atom. The van der Waals surface area contributed by atoms with Crippen LogP contribution in [-0.2, 0) is 24.2 Å². The molecular weight excluding hydrogens is 466 g/mol. The molecule has 1 aromatic rings. The van der Waals surface area contributed by atoms with Crippen LogP contribution in [0.1, 0.15) is 23.2 Å². The number of esters is 1. The number of nitrogens with one attached hydrogen (secondary N) is 1. The zero-order chi connectivity index (χ0) is 22.0. The van der Waals surface area contributed by atoms with E-state index >= 15 is 0 Å². The molecule has 1 N–H and O–H groups in total. The van der Waals surface area contributed by atoms with Crippen molar-refractivity contribution in [2.24, 2.45) is 0 Å². The van der Waals surface area contributed by atoms with Gasteiger partial charge in [-0.1, -0.05) is 12.1 Å². The van der Waals surface area contributed by atoms with Crippen LogP contribution in [0.2, 0.25) is 0 Å². The Morgan fingerprint density at radius 3 is 2.55 bits per heavy atom. The largest absolute Gasteiger partial charge is 0.454 e. The molecule has 0 heterocycles. The summed E-state index contributed by atoms with van der Waals surface area (Å²) in [5, 5.41) is 11.0. The van der Waals surface area contributed by atoms with Gasteiger partial charge in [0.25, 0.3) is 11.8 Å². The van der Waals surface area contributed by atoms with E-state index in [1.54, 1.807) is 18.2 Å². The van der Waals surface area contributed by atoms with E-state index in [2.05, 4.69) is 21.2 Å². The van der Waals surface area contributed by atoms with Crippen LogP contribution in [0, 0.1) is 11.3 Å². The van der Waals surface area contributed by atoms with Crippen LogP contribution in [0.4, 0.5) is 0 Å². The number of hydrogen-bond acceptors (Lipinski definition) is 7. The third-order valence-corrected chi connectivity index (χ3v) is 5.48. The molecule has 0 saturated heterocycles. The summed E-state index contributed by atoms with van der Waals surface area (Å²) in [4.78, 5) is 38.0. The van der Waals surface area contributed by atoms with Gasteiger partial charge in [0.05, 0.1) is 23.8 Å². The number of amides is 2. The van der Waals surface area contributed by atoms with Crippen LogP contribution in [0.25, 0.3) is 0 Å². The first-order valence-electron chi connectivity index (χ1n) is 8.56. The van der Waals surface area contributed by atoms with Gasteiger partial charge >= 0.3 is 5.97 Å². The Balaban J connectivity index is 2.82. The summed E-state index contributed by atoms with van der Waals surface area (Å²) < 4.78 is 28.4. The fourth-order valence-corrected chi connectivity index (χ4v) is 3.28. The minimum atomic E-state index is -3.39. The number of nitrogens with zero attached hydrogens (tertiary/aromatic N) is 2. The monoisotopic (exact) mass is 487 g/mol. The van der Waals surface area contributed by atoms with Crippen molar-refractivity contribution in [3.05, 3.63) is 34.3 Å². The molecule has 0 radical (unpaired) electrons. The summed E-state index contributed by atoms with van der Waals surface area (Å²) in [5.41, 5.74) is 0.261. The number of carbonyl (C=O) groups excluding carboxylic acids is 3.